The molecule has 5 heteroatoms. The van der Waals surface area contributed by atoms with E-state index in [9.17, 15) is 9.90 Å². The first-order valence-corrected chi connectivity index (χ1v) is 6.67. The van der Waals surface area contributed by atoms with Gasteiger partial charge in [0.25, 0.3) is 0 Å². The predicted octanol–water partition coefficient (Wildman–Crippen LogP) is 2.10. The zero-order chi connectivity index (χ0) is 13.4. The van der Waals surface area contributed by atoms with Gasteiger partial charge in [0.2, 0.25) is 0 Å². The normalized spacial score (nSPS) is 19.6. The predicted molar refractivity (Wildman–Crippen MR) is 66.8 cm³/mol. The third-order valence-corrected chi connectivity index (χ3v) is 3.47. The van der Waals surface area contributed by atoms with Gasteiger partial charge in [-0.2, -0.15) is 5.26 Å². The lowest BCUT2D eigenvalue weighted by atomic mass is 9.78. The molecule has 0 radical (unpaired) electrons. The van der Waals surface area contributed by atoms with Crippen LogP contribution in [-0.4, -0.2) is 29.4 Å². The third kappa shape index (κ3) is 3.88. The number of carbonyl (C=O) groups is 1. The molecule has 1 atom stereocenters. The van der Waals surface area contributed by atoms with Crippen molar-refractivity contribution in [2.45, 2.75) is 63.5 Å². The number of amides is 1. The molecule has 0 heterocycles. The molecule has 1 saturated carbocycles. The maximum atomic E-state index is 11.7. The number of alkyl carbamates (subject to hydrolysis) is 1. The Labute approximate surface area is 108 Å². The summed E-state index contributed by atoms with van der Waals surface area (Å²) in [6, 6.07) is 1.83. The second kappa shape index (κ2) is 7.22. The number of unbranched alkanes of at least 4 members (excludes halogenated alkanes) is 1. The van der Waals surface area contributed by atoms with Crippen LogP contribution in [0.1, 0.15) is 51.9 Å². The van der Waals surface area contributed by atoms with Crippen molar-refractivity contribution in [3.05, 3.63) is 0 Å². The van der Waals surface area contributed by atoms with Crippen LogP contribution in [0.4, 0.5) is 4.79 Å². The molecule has 1 aliphatic carbocycles. The molecular formula is C13H22N2O3. The summed E-state index contributed by atoms with van der Waals surface area (Å²) in [5, 5.41) is 21.4. The largest absolute Gasteiger partial charge is 0.450 e. The Morgan fingerprint density at radius 2 is 2.17 bits per heavy atom. The number of aliphatic hydroxyl groups is 1. The molecule has 1 fully saturated rings. The van der Waals surface area contributed by atoms with Crippen LogP contribution < -0.4 is 5.32 Å². The minimum Gasteiger partial charge on any atom is -0.450 e. The van der Waals surface area contributed by atoms with Crippen LogP contribution in [0.3, 0.4) is 0 Å². The Kier molecular flexibility index (Phi) is 5.93. The molecule has 0 spiro atoms. The van der Waals surface area contributed by atoms with E-state index in [1.807, 2.05) is 13.0 Å². The van der Waals surface area contributed by atoms with E-state index in [2.05, 4.69) is 5.32 Å². The molecule has 1 aliphatic rings. The van der Waals surface area contributed by atoms with Crippen molar-refractivity contribution in [1.29, 1.82) is 5.26 Å². The number of hydrogen-bond donors (Lipinski definition) is 2. The highest BCUT2D eigenvalue weighted by Gasteiger charge is 2.41. The van der Waals surface area contributed by atoms with Crippen LogP contribution in [0.15, 0.2) is 0 Å². The van der Waals surface area contributed by atoms with E-state index in [4.69, 9.17) is 10.00 Å². The highest BCUT2D eigenvalue weighted by atomic mass is 16.5. The van der Waals surface area contributed by atoms with Crippen molar-refractivity contribution in [3.63, 3.8) is 0 Å². The Bertz CT molecular complexity index is 306. The molecule has 0 aromatic heterocycles. The van der Waals surface area contributed by atoms with Crippen LogP contribution in [0.25, 0.3) is 0 Å². The second-order valence-electron chi connectivity index (χ2n) is 4.86. The molecule has 102 valence electrons. The number of hydrogen-bond acceptors (Lipinski definition) is 4. The van der Waals surface area contributed by atoms with Crippen molar-refractivity contribution < 1.29 is 14.6 Å². The van der Waals surface area contributed by atoms with Gasteiger partial charge < -0.3 is 15.2 Å². The zero-order valence-electron chi connectivity index (χ0n) is 10.9. The summed E-state index contributed by atoms with van der Waals surface area (Å²) in [5.41, 5.74) is -0.823. The summed E-state index contributed by atoms with van der Waals surface area (Å²) in [5.74, 6) is 0. The van der Waals surface area contributed by atoms with Gasteiger partial charge in [-0.1, -0.05) is 32.6 Å². The summed E-state index contributed by atoms with van der Waals surface area (Å²) in [6.07, 6.45) is 4.24. The molecule has 1 rings (SSSR count). The van der Waals surface area contributed by atoms with E-state index < -0.39 is 17.7 Å². The number of rotatable bonds is 5. The minimum atomic E-state index is -1.17. The molecule has 5 nitrogen and oxygen atoms in total. The standard InChI is InChI=1S/C13H22N2O3/c1-2-3-9-18-12(17)15-13(11(16)10-14)7-5-4-6-8-13/h11,16H,2-9H2,1H3,(H,15,17). The molecule has 1 amide bonds. The fraction of sp³-hybridized carbons (Fsp3) is 0.846. The van der Waals surface area contributed by atoms with Gasteiger partial charge in [-0.25, -0.2) is 4.79 Å². The molecule has 2 N–H and O–H groups in total. The lowest BCUT2D eigenvalue weighted by Gasteiger charge is -2.38. The molecule has 1 unspecified atom stereocenters. The molecule has 0 aromatic rings. The monoisotopic (exact) mass is 254 g/mol. The quantitative estimate of drug-likeness (QED) is 0.581. The van der Waals surface area contributed by atoms with Gasteiger partial charge in [0, 0.05) is 0 Å². The molecule has 0 bridgehead atoms. The Morgan fingerprint density at radius 3 is 2.72 bits per heavy atom. The Balaban J connectivity index is 2.56. The number of ether oxygens (including phenoxy) is 1. The minimum absolute atomic E-state index is 0.376. The highest BCUT2D eigenvalue weighted by molar-refractivity contribution is 5.68. The fourth-order valence-corrected chi connectivity index (χ4v) is 2.32. The van der Waals surface area contributed by atoms with Crippen LogP contribution >= 0.6 is 0 Å². The lowest BCUT2D eigenvalue weighted by molar-refractivity contribution is 0.0600. The smallest absolute Gasteiger partial charge is 0.407 e. The average Bonchev–Trinajstić information content (AvgIpc) is 2.39. The number of nitrogens with one attached hydrogen (secondary N) is 1. The number of nitriles is 1. The van der Waals surface area contributed by atoms with Gasteiger partial charge >= 0.3 is 6.09 Å². The van der Waals surface area contributed by atoms with Gasteiger partial charge in [-0.15, -0.1) is 0 Å². The van der Waals surface area contributed by atoms with Crippen LogP contribution in [0.5, 0.6) is 0 Å². The van der Waals surface area contributed by atoms with E-state index in [0.29, 0.717) is 19.4 Å². The van der Waals surface area contributed by atoms with Gasteiger partial charge in [-0.05, 0) is 19.3 Å². The summed E-state index contributed by atoms with van der Waals surface area (Å²) < 4.78 is 5.03. The van der Waals surface area contributed by atoms with Crippen molar-refractivity contribution in [2.24, 2.45) is 0 Å². The molecule has 0 saturated heterocycles. The van der Waals surface area contributed by atoms with E-state index in [-0.39, 0.29) is 0 Å². The zero-order valence-corrected chi connectivity index (χ0v) is 10.9. The van der Waals surface area contributed by atoms with Gasteiger partial charge in [0.05, 0.1) is 18.2 Å². The maximum absolute atomic E-state index is 11.7. The molecule has 18 heavy (non-hydrogen) atoms. The van der Waals surface area contributed by atoms with Crippen molar-refractivity contribution >= 4 is 6.09 Å². The highest BCUT2D eigenvalue weighted by Crippen LogP contribution is 2.31. The number of aliphatic hydroxyl groups excluding tert-OH is 1. The molecular weight excluding hydrogens is 232 g/mol. The van der Waals surface area contributed by atoms with Gasteiger partial charge in [-0.3, -0.25) is 0 Å². The Hall–Kier alpha value is -1.28. The molecule has 0 aromatic carbocycles. The fourth-order valence-electron chi connectivity index (χ4n) is 2.32. The lowest BCUT2D eigenvalue weighted by Crippen LogP contribution is -2.57. The van der Waals surface area contributed by atoms with Crippen molar-refractivity contribution in [3.8, 4) is 6.07 Å². The summed E-state index contributed by atoms with van der Waals surface area (Å²) in [4.78, 5) is 11.7. The van der Waals surface area contributed by atoms with E-state index in [1.54, 1.807) is 0 Å². The van der Waals surface area contributed by atoms with Crippen LogP contribution in [0, 0.1) is 11.3 Å². The average molecular weight is 254 g/mol. The second-order valence-corrected chi connectivity index (χ2v) is 4.86. The van der Waals surface area contributed by atoms with Crippen LogP contribution in [0.2, 0.25) is 0 Å². The van der Waals surface area contributed by atoms with E-state index >= 15 is 0 Å². The van der Waals surface area contributed by atoms with Crippen LogP contribution in [-0.2, 0) is 4.74 Å². The summed E-state index contributed by atoms with van der Waals surface area (Å²) in [6.45, 7) is 2.39. The first kappa shape index (κ1) is 14.8. The summed E-state index contributed by atoms with van der Waals surface area (Å²) >= 11 is 0. The van der Waals surface area contributed by atoms with E-state index in [1.165, 1.54) is 0 Å². The molecule has 0 aliphatic heterocycles. The van der Waals surface area contributed by atoms with Crippen molar-refractivity contribution in [1.82, 2.24) is 5.32 Å². The first-order valence-electron chi connectivity index (χ1n) is 6.67. The SMILES string of the molecule is CCCCOC(=O)NC1(C(O)C#N)CCCCC1. The topological polar surface area (TPSA) is 82.3 Å². The number of carbonyl (C=O) groups excluding carboxylic acids is 1. The third-order valence-electron chi connectivity index (χ3n) is 3.47. The van der Waals surface area contributed by atoms with E-state index in [0.717, 1.165) is 32.1 Å². The Morgan fingerprint density at radius 1 is 1.50 bits per heavy atom. The first-order chi connectivity index (χ1) is 8.64. The van der Waals surface area contributed by atoms with Crippen molar-refractivity contribution in [2.75, 3.05) is 6.61 Å². The summed E-state index contributed by atoms with van der Waals surface area (Å²) in [7, 11) is 0. The van der Waals surface area contributed by atoms with Gasteiger partial charge in [0.15, 0.2) is 6.10 Å². The number of nitrogens with zero attached hydrogens (tertiary/aromatic N) is 1. The maximum Gasteiger partial charge on any atom is 0.407 e. The van der Waals surface area contributed by atoms with Gasteiger partial charge in [0.1, 0.15) is 0 Å².